The van der Waals surface area contributed by atoms with E-state index in [9.17, 15) is 46.7 Å². The third kappa shape index (κ3) is 25.6. The van der Waals surface area contributed by atoms with Crippen LogP contribution < -0.4 is 16.4 Å². The van der Waals surface area contributed by atoms with Crippen molar-refractivity contribution in [3.05, 3.63) is 151 Å². The number of amides is 5. The number of likely N-dealkylation sites (tertiary alicyclic amines) is 4. The van der Waals surface area contributed by atoms with E-state index in [1.807, 2.05) is 101 Å². The van der Waals surface area contributed by atoms with E-state index in [2.05, 4.69) is 91.2 Å². The number of pyridine rings is 2. The number of unbranched alkanes of at least 4 members (excludes halogenated alkanes) is 13. The number of H-pyrrole nitrogens is 3. The van der Waals surface area contributed by atoms with Gasteiger partial charge in [-0.2, -0.15) is 23.4 Å². The van der Waals surface area contributed by atoms with Crippen molar-refractivity contribution in [2.24, 2.45) is 5.92 Å². The lowest BCUT2D eigenvalue weighted by Gasteiger charge is -2.43. The predicted molar refractivity (Wildman–Crippen MR) is 466 cm³/mol. The fourth-order valence-electron chi connectivity index (χ4n) is 18.9. The van der Waals surface area contributed by atoms with Crippen molar-refractivity contribution in [3.63, 3.8) is 0 Å². The monoisotopic (exact) mass is 1670 g/mol. The number of benzene rings is 4. The molecule has 0 aliphatic carbocycles. The summed E-state index contributed by atoms with van der Waals surface area (Å²) in [6.07, 6.45) is 25.4. The van der Waals surface area contributed by atoms with Gasteiger partial charge in [0.15, 0.2) is 6.73 Å². The molecule has 28 heteroatoms. The minimum absolute atomic E-state index is 0.0280. The molecule has 25 nitrogen and oxygen atoms in total. The number of aliphatic carboxylic acids is 1. The first-order chi connectivity index (χ1) is 58.4. The van der Waals surface area contributed by atoms with Gasteiger partial charge in [0.25, 0.3) is 11.1 Å². The molecule has 4 aromatic carbocycles. The van der Waals surface area contributed by atoms with Crippen molar-refractivity contribution in [3.8, 4) is 0 Å². The molecule has 14 rings (SSSR count). The fraction of sp³-hybridized carbons (Fsp3) is 0.591. The molecule has 5 amide bonds. The molecule has 656 valence electrons. The number of alkyl halides is 3. The number of urea groups is 1. The smallest absolute Gasteiger partial charge is 0.475 e. The number of carbonyl (C=O) groups excluding carboxylic acids is 5. The van der Waals surface area contributed by atoms with Crippen LogP contribution in [0.3, 0.4) is 0 Å². The summed E-state index contributed by atoms with van der Waals surface area (Å²) in [7, 11) is 4.37. The molecule has 0 bridgehead atoms. The molecule has 6 saturated heterocycles. The first-order valence-electron chi connectivity index (χ1n) is 44.8. The minimum atomic E-state index is -5.08. The molecular weight excluding hydrogens is 1540 g/mol. The summed E-state index contributed by atoms with van der Waals surface area (Å²) < 4.78 is 39.1. The lowest BCUT2D eigenvalue weighted by atomic mass is 9.88. The number of hydrogen-bond acceptors (Lipinski definition) is 15. The number of nitrogens with zero attached hydrogens (tertiary/aromatic N) is 11. The number of hydrogen-bond donors (Lipinski definition) is 5. The number of ether oxygens (including phenoxy) is 1. The summed E-state index contributed by atoms with van der Waals surface area (Å²) in [5.74, 6) is -3.18. The Kier molecular flexibility index (Phi) is 33.0. The molecule has 6 aliphatic heterocycles. The Labute approximate surface area is 708 Å². The topological polar surface area (TPSA) is 282 Å². The maximum Gasteiger partial charge on any atom is 0.490 e. The highest BCUT2D eigenvalue weighted by Crippen LogP contribution is 2.33. The molecule has 6 aliphatic rings. The van der Waals surface area contributed by atoms with Gasteiger partial charge in [-0.25, -0.2) is 14.3 Å². The zero-order valence-electron chi connectivity index (χ0n) is 71.8. The molecule has 10 heterocycles. The third-order valence-corrected chi connectivity index (χ3v) is 26.1. The molecule has 8 aromatic rings. The van der Waals surface area contributed by atoms with Crippen molar-refractivity contribution < 1.29 is 51.8 Å². The molecule has 6 fully saturated rings. The van der Waals surface area contributed by atoms with Gasteiger partial charge in [-0.15, -0.1) is 0 Å². The van der Waals surface area contributed by atoms with Gasteiger partial charge in [-0.05, 0) is 200 Å². The normalized spacial score (nSPS) is 18.0. The number of esters is 1. The summed E-state index contributed by atoms with van der Waals surface area (Å²) in [5, 5.41) is 26.3. The minimum Gasteiger partial charge on any atom is -0.475 e. The first kappa shape index (κ1) is 90.7. The van der Waals surface area contributed by atoms with Crippen molar-refractivity contribution in [1.82, 2.24) is 74.5 Å². The first-order valence-corrected chi connectivity index (χ1v) is 44.8. The van der Waals surface area contributed by atoms with Crippen LogP contribution in [0.2, 0.25) is 0 Å². The number of carboxylic acids is 1. The van der Waals surface area contributed by atoms with Crippen LogP contribution in [0, 0.1) is 19.8 Å². The second kappa shape index (κ2) is 44.0. The number of aromatic nitrogens is 6. The molecule has 2 atom stereocenters. The van der Waals surface area contributed by atoms with E-state index in [0.29, 0.717) is 96.5 Å². The van der Waals surface area contributed by atoms with Crippen LogP contribution in [-0.2, 0) is 48.3 Å². The molecule has 0 spiro atoms. The maximum absolute atomic E-state index is 14.5. The second-order valence-corrected chi connectivity index (χ2v) is 34.9. The Morgan fingerprint density at radius 3 is 1.51 bits per heavy atom. The lowest BCUT2D eigenvalue weighted by molar-refractivity contribution is -0.192. The highest BCUT2D eigenvalue weighted by molar-refractivity contribution is 5.90. The lowest BCUT2D eigenvalue weighted by Crippen LogP contribution is -2.59. The number of carbonyl (C=O) groups is 6. The van der Waals surface area contributed by atoms with Crippen molar-refractivity contribution in [2.45, 2.75) is 231 Å². The largest absolute Gasteiger partial charge is 0.490 e. The molecule has 0 radical (unpaired) electrons. The molecular formula is C93H128F3N15O10. The van der Waals surface area contributed by atoms with Gasteiger partial charge in [0.2, 0.25) is 17.7 Å². The molecule has 5 N–H and O–H groups in total. The summed E-state index contributed by atoms with van der Waals surface area (Å²) >= 11 is 0. The average Bonchev–Trinajstić information content (AvgIpc) is 1.51. The van der Waals surface area contributed by atoms with E-state index in [1.54, 1.807) is 9.58 Å². The number of carboxylic acid groups (broad SMARTS) is 1. The number of nitrogens with one attached hydrogen (secondary N) is 4. The van der Waals surface area contributed by atoms with Gasteiger partial charge < -0.3 is 54.5 Å². The Morgan fingerprint density at radius 2 is 1.00 bits per heavy atom. The van der Waals surface area contributed by atoms with E-state index in [0.717, 1.165) is 174 Å². The van der Waals surface area contributed by atoms with Gasteiger partial charge >= 0.3 is 24.1 Å². The van der Waals surface area contributed by atoms with Crippen molar-refractivity contribution in [2.75, 3.05) is 119 Å². The maximum atomic E-state index is 14.5. The second-order valence-electron chi connectivity index (χ2n) is 34.9. The van der Waals surface area contributed by atoms with Crippen LogP contribution in [0.15, 0.2) is 107 Å². The van der Waals surface area contributed by atoms with Gasteiger partial charge in [-0.1, -0.05) is 139 Å². The van der Waals surface area contributed by atoms with Crippen LogP contribution in [0.4, 0.5) is 18.0 Å². The quantitative estimate of drug-likeness (QED) is 0.0207. The molecule has 4 aromatic heterocycles. The predicted octanol–water partition coefficient (Wildman–Crippen LogP) is 13.8. The van der Waals surface area contributed by atoms with Gasteiger partial charge in [-0.3, -0.25) is 43.7 Å². The Balaban J connectivity index is 0.000000215. The number of fused-ring (bicyclic) bond motifs is 4. The number of halogens is 3. The summed E-state index contributed by atoms with van der Waals surface area (Å²) in [5.41, 5.74) is 8.96. The molecule has 121 heavy (non-hydrogen) atoms. The summed E-state index contributed by atoms with van der Waals surface area (Å²) in [6.45, 7) is 19.1. The highest BCUT2D eigenvalue weighted by atomic mass is 19.4. The Hall–Kier alpha value is -9.51. The van der Waals surface area contributed by atoms with E-state index in [-0.39, 0.29) is 65.8 Å². The van der Waals surface area contributed by atoms with Crippen LogP contribution in [-0.4, -0.2) is 253 Å². The van der Waals surface area contributed by atoms with E-state index >= 15 is 0 Å². The number of piperidine rings is 4. The average molecular weight is 1670 g/mol. The van der Waals surface area contributed by atoms with Gasteiger partial charge in [0.1, 0.15) is 6.04 Å². The standard InChI is InChI=1S/C54H80N8O5.C37H47N7O3.C2HF3O2/c1-4-5-6-7-8-9-10-11-12-13-14-15-16-17-22-50(63)67-40-62-39-45-36-42(35-41(2)51(45)57-62)37-49(53(65)60-33-31-59(32-34-60)46-25-27-58(3)28-26-46)56-54(66)61-29-23-43(24-30-61)47-38-44-20-18-19-21-48(44)55-52(47)64;1-25-19-26(21-30-24-38-40-35(25)30)20-29(37(47)44-17-15-42(16-18-44)31-9-11-41(2)12-10-31)23-34(45)43-13-7-27(8-14-43)32-22-28-5-3-4-6-33(28)39-36(32)46;3-2(4,5)1(6)7/h18-21,35-36,38-39,43,46,49H,4-17,22-34,37,40H2,1-3H3,(H,55,64)(H,56,66);3-6,19,21-22,24,27,29,31H,7-18,20,23H2,1-2H3,(H,38,40)(H,39,46);(H,6,7)/t49-;29-;/m10./s1. The SMILES string of the molecule is CCCCCCCCCCCCCCCCC(=O)OCn1cc2cc(C[C@@H](NC(=O)N3CCC(c4cc5ccccc5[nH]c4=O)CC3)C(=O)N3CCN(C4CCN(C)CC4)CC3)cc(C)c2n1.Cc1cc(C[C@@H](CC(=O)N2CCC(c3cc4ccccc4[nH]c3=O)CC2)C(=O)N2CCN(C3CCN(C)CC3)CC2)cc2cn[nH]c12.O=C(O)C(F)(F)F. The molecule has 0 saturated carbocycles. The van der Waals surface area contributed by atoms with Crippen LogP contribution in [0.1, 0.15) is 206 Å². The Morgan fingerprint density at radius 1 is 0.537 bits per heavy atom. The van der Waals surface area contributed by atoms with E-state index < -0.39 is 24.1 Å². The fourth-order valence-corrected chi connectivity index (χ4v) is 18.9. The zero-order valence-corrected chi connectivity index (χ0v) is 71.8. The van der Waals surface area contributed by atoms with Crippen LogP contribution >= 0.6 is 0 Å². The highest BCUT2D eigenvalue weighted by Gasteiger charge is 2.40. The number of rotatable bonds is 30. The van der Waals surface area contributed by atoms with Crippen molar-refractivity contribution in [1.29, 1.82) is 0 Å². The van der Waals surface area contributed by atoms with Crippen LogP contribution in [0.5, 0.6) is 0 Å². The Bertz CT molecular complexity index is 4860. The molecule has 0 unspecified atom stereocenters. The van der Waals surface area contributed by atoms with Crippen molar-refractivity contribution >= 4 is 79.3 Å². The number of para-hydroxylation sites is 2. The van der Waals surface area contributed by atoms with Crippen LogP contribution in [0.25, 0.3) is 43.6 Å². The summed E-state index contributed by atoms with van der Waals surface area (Å²) in [4.78, 5) is 128. The third-order valence-electron chi connectivity index (χ3n) is 26.1. The van der Waals surface area contributed by atoms with Gasteiger partial charge in [0, 0.05) is 149 Å². The zero-order chi connectivity index (χ0) is 85.5. The number of aryl methyl sites for hydroxylation is 2. The number of aromatic amines is 3. The number of piperazine rings is 2. The van der Waals surface area contributed by atoms with E-state index in [1.165, 1.54) is 83.5 Å². The summed E-state index contributed by atoms with van der Waals surface area (Å²) in [6, 6.07) is 28.1. The van der Waals surface area contributed by atoms with E-state index in [4.69, 9.17) is 19.7 Å². The van der Waals surface area contributed by atoms with Gasteiger partial charge in [0.05, 0.1) is 23.1 Å².